The second-order valence-electron chi connectivity index (χ2n) is 9.14. The van der Waals surface area contributed by atoms with Gasteiger partial charge in [0, 0.05) is 48.6 Å². The van der Waals surface area contributed by atoms with Gasteiger partial charge in [0.05, 0.1) is 0 Å². The first-order chi connectivity index (χ1) is 16.2. The van der Waals surface area contributed by atoms with Crippen LogP contribution in [0, 0.1) is 5.92 Å². The number of piperidine rings is 1. The number of aromatic nitrogens is 1. The second kappa shape index (κ2) is 7.93. The van der Waals surface area contributed by atoms with Crippen molar-refractivity contribution in [3.05, 3.63) is 101 Å². The summed E-state index contributed by atoms with van der Waals surface area (Å²) in [7, 11) is 0. The Labute approximate surface area is 192 Å². The second-order valence-corrected chi connectivity index (χ2v) is 9.14. The normalized spacial score (nSPS) is 19.2. The zero-order chi connectivity index (χ0) is 22.4. The van der Waals surface area contributed by atoms with E-state index >= 15 is 0 Å². The molecule has 1 N–H and O–H groups in total. The lowest BCUT2D eigenvalue weighted by Gasteiger charge is -2.43. The summed E-state index contributed by atoms with van der Waals surface area (Å²) in [5.74, 6) is 0.414. The largest absolute Gasteiger partial charge is 0.324 e. The summed E-state index contributed by atoms with van der Waals surface area (Å²) in [5, 5.41) is 5.40. The monoisotopic (exact) mass is 435 g/mol. The fourth-order valence-corrected chi connectivity index (χ4v) is 5.51. The highest BCUT2D eigenvalue weighted by Gasteiger charge is 2.37. The number of rotatable bonds is 2. The van der Waals surface area contributed by atoms with Crippen molar-refractivity contribution in [2.75, 3.05) is 18.4 Å². The highest BCUT2D eigenvalue weighted by molar-refractivity contribution is 5.90. The molecule has 164 valence electrons. The highest BCUT2D eigenvalue weighted by atomic mass is 16.2. The molecule has 1 saturated heterocycles. The fourth-order valence-electron chi connectivity index (χ4n) is 5.51. The van der Waals surface area contributed by atoms with E-state index in [1.165, 1.54) is 10.8 Å². The number of carbonyl (C=O) groups excluding carboxylic acids is 1. The smallest absolute Gasteiger partial charge is 0.321 e. The number of nitrogens with one attached hydrogen (secondary N) is 1. The summed E-state index contributed by atoms with van der Waals surface area (Å²) in [6, 6.07) is 27.9. The molecule has 0 radical (unpaired) electrons. The average Bonchev–Trinajstić information content (AvgIpc) is 2.85. The Balaban J connectivity index is 1.36. The van der Waals surface area contributed by atoms with Crippen molar-refractivity contribution in [1.29, 1.82) is 0 Å². The molecule has 0 saturated carbocycles. The van der Waals surface area contributed by atoms with E-state index < -0.39 is 0 Å². The van der Waals surface area contributed by atoms with Gasteiger partial charge < -0.3 is 14.8 Å². The first kappa shape index (κ1) is 19.8. The van der Waals surface area contributed by atoms with Crippen molar-refractivity contribution in [2.24, 2.45) is 5.92 Å². The van der Waals surface area contributed by atoms with Crippen LogP contribution in [0.25, 0.3) is 21.9 Å². The van der Waals surface area contributed by atoms with Crippen molar-refractivity contribution < 1.29 is 4.79 Å². The number of pyridine rings is 1. The lowest BCUT2D eigenvalue weighted by molar-refractivity contribution is 0.140. The summed E-state index contributed by atoms with van der Waals surface area (Å²) < 4.78 is 1.95. The van der Waals surface area contributed by atoms with Crippen molar-refractivity contribution in [3.63, 3.8) is 0 Å². The summed E-state index contributed by atoms with van der Waals surface area (Å²) in [5.41, 5.74) is 4.11. The summed E-state index contributed by atoms with van der Waals surface area (Å²) >= 11 is 0. The Morgan fingerprint density at radius 3 is 2.45 bits per heavy atom. The molecule has 4 aromatic rings. The van der Waals surface area contributed by atoms with Crippen LogP contribution in [-0.4, -0.2) is 28.6 Å². The van der Waals surface area contributed by atoms with E-state index in [1.54, 1.807) is 6.07 Å². The van der Waals surface area contributed by atoms with E-state index in [2.05, 4.69) is 35.6 Å². The Hall–Kier alpha value is -3.86. The molecule has 6 rings (SSSR count). The Kier molecular flexibility index (Phi) is 4.75. The molecule has 2 aliphatic heterocycles. The fraction of sp³-hybridized carbons (Fsp3) is 0.214. The third-order valence-electron chi connectivity index (χ3n) is 6.96. The number of urea groups is 1. The quantitative estimate of drug-likeness (QED) is 0.463. The molecular weight excluding hydrogens is 410 g/mol. The van der Waals surface area contributed by atoms with Crippen molar-refractivity contribution in [2.45, 2.75) is 18.9 Å². The van der Waals surface area contributed by atoms with Gasteiger partial charge in [-0.3, -0.25) is 4.79 Å². The van der Waals surface area contributed by atoms with Crippen LogP contribution >= 0.6 is 0 Å². The summed E-state index contributed by atoms with van der Waals surface area (Å²) in [6.07, 6.45) is 0.999. The van der Waals surface area contributed by atoms with E-state index in [0.29, 0.717) is 19.6 Å². The minimum atomic E-state index is -0.0742. The number of fused-ring (bicyclic) bond motifs is 5. The molecule has 0 unspecified atom stereocenters. The van der Waals surface area contributed by atoms with Crippen LogP contribution < -0.4 is 10.9 Å². The van der Waals surface area contributed by atoms with Gasteiger partial charge in [-0.1, -0.05) is 54.6 Å². The molecule has 0 spiro atoms. The summed E-state index contributed by atoms with van der Waals surface area (Å²) in [4.78, 5) is 27.8. The van der Waals surface area contributed by atoms with Crippen molar-refractivity contribution in [1.82, 2.24) is 9.47 Å². The highest BCUT2D eigenvalue weighted by Crippen LogP contribution is 2.40. The first-order valence-electron chi connectivity index (χ1n) is 11.5. The Bertz CT molecular complexity index is 1410. The van der Waals surface area contributed by atoms with Gasteiger partial charge in [-0.05, 0) is 52.9 Å². The maximum Gasteiger partial charge on any atom is 0.321 e. The molecule has 1 aromatic heterocycles. The van der Waals surface area contributed by atoms with E-state index in [0.717, 1.165) is 28.9 Å². The molecule has 33 heavy (non-hydrogen) atoms. The van der Waals surface area contributed by atoms with Gasteiger partial charge in [0.2, 0.25) is 0 Å². The van der Waals surface area contributed by atoms with Crippen LogP contribution in [0.15, 0.2) is 89.7 Å². The van der Waals surface area contributed by atoms with Crippen molar-refractivity contribution in [3.8, 4) is 11.1 Å². The van der Waals surface area contributed by atoms with Gasteiger partial charge in [0.1, 0.15) is 0 Å². The molecule has 5 nitrogen and oxygen atoms in total. The van der Waals surface area contributed by atoms with Gasteiger partial charge in [0.25, 0.3) is 5.56 Å². The van der Waals surface area contributed by atoms with Crippen LogP contribution in [0.1, 0.15) is 18.0 Å². The number of carbonyl (C=O) groups is 1. The Morgan fingerprint density at radius 1 is 0.818 bits per heavy atom. The predicted octanol–water partition coefficient (Wildman–Crippen LogP) is 5.32. The molecule has 1 fully saturated rings. The maximum atomic E-state index is 13.0. The van der Waals surface area contributed by atoms with Crippen LogP contribution in [0.2, 0.25) is 0 Å². The first-order valence-corrected chi connectivity index (χ1v) is 11.5. The lowest BCUT2D eigenvalue weighted by atomic mass is 9.80. The molecule has 2 bridgehead atoms. The molecule has 5 heteroatoms. The number of amides is 2. The number of anilines is 1. The topological polar surface area (TPSA) is 54.3 Å². The van der Waals surface area contributed by atoms with E-state index in [9.17, 15) is 9.59 Å². The minimum absolute atomic E-state index is 0.0476. The molecule has 2 amide bonds. The number of hydrogen-bond acceptors (Lipinski definition) is 2. The molecule has 3 aromatic carbocycles. The predicted molar refractivity (Wildman–Crippen MR) is 132 cm³/mol. The summed E-state index contributed by atoms with van der Waals surface area (Å²) in [6.45, 7) is 1.93. The van der Waals surface area contributed by atoms with E-state index in [1.807, 2.05) is 58.0 Å². The minimum Gasteiger partial charge on any atom is -0.324 e. The molecule has 0 aliphatic carbocycles. The van der Waals surface area contributed by atoms with Crippen LogP contribution in [0.5, 0.6) is 0 Å². The van der Waals surface area contributed by atoms with Crippen LogP contribution in [0.3, 0.4) is 0 Å². The van der Waals surface area contributed by atoms with Crippen LogP contribution in [-0.2, 0) is 6.54 Å². The zero-order valence-electron chi connectivity index (χ0n) is 18.3. The molecule has 2 aliphatic rings. The van der Waals surface area contributed by atoms with Gasteiger partial charge in [-0.2, -0.15) is 0 Å². The Morgan fingerprint density at radius 2 is 1.61 bits per heavy atom. The lowest BCUT2D eigenvalue weighted by Crippen LogP contribution is -2.50. The SMILES string of the molecule is O=C(Nc1ccccc1)N1C[C@@H]2C[C@H](C1)c1c(-c3ccc4ccccc4c3)ccc(=O)n1C2. The average molecular weight is 436 g/mol. The van der Waals surface area contributed by atoms with Gasteiger partial charge in [0.15, 0.2) is 0 Å². The maximum absolute atomic E-state index is 13.0. The third-order valence-corrected chi connectivity index (χ3v) is 6.96. The molecular formula is C28H25N3O2. The molecule has 2 atom stereocenters. The van der Waals surface area contributed by atoms with Gasteiger partial charge in [-0.25, -0.2) is 4.79 Å². The zero-order valence-corrected chi connectivity index (χ0v) is 18.3. The van der Waals surface area contributed by atoms with Crippen molar-refractivity contribution >= 4 is 22.5 Å². The number of likely N-dealkylation sites (tertiary alicyclic amines) is 1. The number of benzene rings is 3. The number of nitrogens with zero attached hydrogens (tertiary/aromatic N) is 2. The number of para-hydroxylation sites is 1. The van der Waals surface area contributed by atoms with Crippen LogP contribution in [0.4, 0.5) is 10.5 Å². The molecule has 3 heterocycles. The van der Waals surface area contributed by atoms with E-state index in [-0.39, 0.29) is 23.4 Å². The third kappa shape index (κ3) is 3.59. The van der Waals surface area contributed by atoms with Gasteiger partial charge >= 0.3 is 6.03 Å². The standard InChI is InChI=1S/C28H25N3O2/c32-26-13-12-25(22-11-10-20-6-4-5-7-21(20)15-22)27-23-14-19(17-31(26)27)16-30(18-23)28(33)29-24-8-2-1-3-9-24/h1-13,15,19,23H,14,16-18H2,(H,29,33)/t19-,23+/m0/s1. The number of hydrogen-bond donors (Lipinski definition) is 1. The van der Waals surface area contributed by atoms with E-state index in [4.69, 9.17) is 0 Å². The van der Waals surface area contributed by atoms with Gasteiger partial charge in [-0.15, -0.1) is 0 Å².